The van der Waals surface area contributed by atoms with E-state index in [1.165, 1.54) is 12.0 Å². The molecule has 1 N–H and O–H groups in total. The second-order valence-electron chi connectivity index (χ2n) is 9.50. The zero-order valence-corrected chi connectivity index (χ0v) is 17.6. The van der Waals surface area contributed by atoms with Crippen LogP contribution in [0.3, 0.4) is 0 Å². The van der Waals surface area contributed by atoms with Crippen molar-refractivity contribution in [2.45, 2.75) is 70.1 Å². The fraction of sp³-hybridized carbons (Fsp3) is 0.583. The standard InChI is InChI=1S/C24H30N4O2/c1-15-5-8-21-22(28(15)24(29)16-6-7-16)10-9-20(23(21)30-19-3-2-4-19)17-11-26-27(14-17)18-12-25-13-18/h9-11,14-16,18-19,25H,2-8,12-13H2,1H3/t15-/m0/s1. The Kier molecular flexibility index (Phi) is 4.37. The maximum atomic E-state index is 13.1. The molecule has 1 saturated heterocycles. The van der Waals surface area contributed by atoms with Crippen LogP contribution in [0, 0.1) is 5.92 Å². The Bertz CT molecular complexity index is 972. The normalized spacial score (nSPS) is 24.2. The number of hydrogen-bond acceptors (Lipinski definition) is 4. The van der Waals surface area contributed by atoms with E-state index in [0.717, 1.165) is 74.2 Å². The third kappa shape index (κ3) is 3.04. The molecule has 0 bridgehead atoms. The lowest BCUT2D eigenvalue weighted by molar-refractivity contribution is -0.120. The third-order valence-electron chi connectivity index (χ3n) is 7.30. The predicted molar refractivity (Wildman–Crippen MR) is 116 cm³/mol. The number of aromatic nitrogens is 2. The van der Waals surface area contributed by atoms with Crippen LogP contribution in [0.25, 0.3) is 11.1 Å². The van der Waals surface area contributed by atoms with E-state index in [1.54, 1.807) is 0 Å². The molecule has 0 unspecified atom stereocenters. The summed E-state index contributed by atoms with van der Waals surface area (Å²) in [4.78, 5) is 15.1. The molecule has 3 fully saturated rings. The summed E-state index contributed by atoms with van der Waals surface area (Å²) in [7, 11) is 0. The third-order valence-corrected chi connectivity index (χ3v) is 7.30. The van der Waals surface area contributed by atoms with Crippen molar-refractivity contribution in [3.05, 3.63) is 30.1 Å². The van der Waals surface area contributed by atoms with Crippen molar-refractivity contribution in [3.63, 3.8) is 0 Å². The lowest BCUT2D eigenvalue weighted by Crippen LogP contribution is -2.43. The van der Waals surface area contributed by atoms with E-state index in [4.69, 9.17) is 4.74 Å². The van der Waals surface area contributed by atoms with Gasteiger partial charge in [-0.3, -0.25) is 9.48 Å². The second-order valence-corrected chi connectivity index (χ2v) is 9.50. The molecule has 30 heavy (non-hydrogen) atoms. The molecule has 6 nitrogen and oxygen atoms in total. The van der Waals surface area contributed by atoms with Gasteiger partial charge in [0, 0.05) is 47.9 Å². The van der Waals surface area contributed by atoms with E-state index in [0.29, 0.717) is 18.1 Å². The number of benzene rings is 1. The SMILES string of the molecule is C[C@H]1CCc2c(ccc(-c3cnn(C4CNC4)c3)c2OC2CCC2)N1C(=O)C1CC1. The summed E-state index contributed by atoms with van der Waals surface area (Å²) < 4.78 is 8.67. The first-order chi connectivity index (χ1) is 14.7. The fourth-order valence-electron chi connectivity index (χ4n) is 4.82. The molecular weight excluding hydrogens is 376 g/mol. The van der Waals surface area contributed by atoms with Crippen LogP contribution >= 0.6 is 0 Å². The maximum absolute atomic E-state index is 13.1. The Hall–Kier alpha value is -2.34. The van der Waals surface area contributed by atoms with Gasteiger partial charge in [-0.15, -0.1) is 0 Å². The summed E-state index contributed by atoms with van der Waals surface area (Å²) in [6, 6.07) is 5.00. The van der Waals surface area contributed by atoms with Gasteiger partial charge in [-0.05, 0) is 64.0 Å². The van der Waals surface area contributed by atoms with Gasteiger partial charge in [-0.25, -0.2) is 0 Å². The van der Waals surface area contributed by atoms with Gasteiger partial charge in [0.05, 0.1) is 24.0 Å². The van der Waals surface area contributed by atoms with Crippen molar-refractivity contribution in [1.82, 2.24) is 15.1 Å². The minimum Gasteiger partial charge on any atom is -0.489 e. The van der Waals surface area contributed by atoms with Crippen LogP contribution in [0.5, 0.6) is 5.75 Å². The average molecular weight is 407 g/mol. The molecule has 1 amide bonds. The summed E-state index contributed by atoms with van der Waals surface area (Å²) >= 11 is 0. The molecule has 158 valence electrons. The first-order valence-corrected chi connectivity index (χ1v) is 11.6. The van der Waals surface area contributed by atoms with Gasteiger partial charge in [0.1, 0.15) is 5.75 Å². The smallest absolute Gasteiger partial charge is 0.230 e. The molecule has 2 saturated carbocycles. The maximum Gasteiger partial charge on any atom is 0.230 e. The Balaban J connectivity index is 1.42. The van der Waals surface area contributed by atoms with Crippen LogP contribution in [0.15, 0.2) is 24.5 Å². The van der Waals surface area contributed by atoms with Crippen molar-refractivity contribution < 1.29 is 9.53 Å². The number of hydrogen-bond donors (Lipinski definition) is 1. The van der Waals surface area contributed by atoms with Gasteiger partial charge in [0.25, 0.3) is 0 Å². The molecule has 6 heteroatoms. The van der Waals surface area contributed by atoms with Crippen LogP contribution in [-0.4, -0.2) is 40.9 Å². The number of carbonyl (C=O) groups is 1. The largest absolute Gasteiger partial charge is 0.489 e. The minimum atomic E-state index is 0.225. The van der Waals surface area contributed by atoms with Crippen LogP contribution in [0.1, 0.15) is 57.1 Å². The predicted octanol–water partition coefficient (Wildman–Crippen LogP) is 3.70. The number of amides is 1. The van der Waals surface area contributed by atoms with Crippen molar-refractivity contribution in [3.8, 4) is 16.9 Å². The quantitative estimate of drug-likeness (QED) is 0.823. The van der Waals surface area contributed by atoms with E-state index in [2.05, 4.69) is 45.3 Å². The summed E-state index contributed by atoms with van der Waals surface area (Å²) in [6.07, 6.45) is 11.9. The van der Waals surface area contributed by atoms with Gasteiger partial charge in [0.15, 0.2) is 0 Å². The second kappa shape index (κ2) is 7.12. The molecule has 1 aromatic carbocycles. The number of nitrogens with zero attached hydrogens (tertiary/aromatic N) is 3. The lowest BCUT2D eigenvalue weighted by Gasteiger charge is -2.38. The Morgan fingerprint density at radius 1 is 1.17 bits per heavy atom. The Morgan fingerprint density at radius 3 is 2.67 bits per heavy atom. The number of rotatable bonds is 5. The van der Waals surface area contributed by atoms with E-state index < -0.39 is 0 Å². The van der Waals surface area contributed by atoms with Crippen molar-refractivity contribution in [2.24, 2.45) is 5.92 Å². The van der Waals surface area contributed by atoms with Crippen LogP contribution < -0.4 is 15.0 Å². The van der Waals surface area contributed by atoms with Gasteiger partial charge in [-0.2, -0.15) is 5.10 Å². The van der Waals surface area contributed by atoms with Crippen molar-refractivity contribution in [1.29, 1.82) is 0 Å². The molecule has 0 radical (unpaired) electrons. The first-order valence-electron chi connectivity index (χ1n) is 11.6. The molecule has 6 rings (SSSR count). The van der Waals surface area contributed by atoms with Gasteiger partial charge in [-0.1, -0.05) is 0 Å². The highest BCUT2D eigenvalue weighted by Gasteiger charge is 2.39. The molecular formula is C24H30N4O2. The number of fused-ring (bicyclic) bond motifs is 1. The molecule has 1 atom stereocenters. The monoisotopic (exact) mass is 406 g/mol. The number of carbonyl (C=O) groups excluding carboxylic acids is 1. The van der Waals surface area contributed by atoms with E-state index in [1.807, 2.05) is 6.20 Å². The summed E-state index contributed by atoms with van der Waals surface area (Å²) in [5, 5.41) is 7.94. The van der Waals surface area contributed by atoms with Crippen LogP contribution in [0.4, 0.5) is 5.69 Å². The number of anilines is 1. The van der Waals surface area contributed by atoms with Crippen LogP contribution in [0.2, 0.25) is 0 Å². The van der Waals surface area contributed by atoms with Gasteiger partial charge < -0.3 is 15.0 Å². The highest BCUT2D eigenvalue weighted by Crippen LogP contribution is 2.46. The number of ether oxygens (including phenoxy) is 1. The first kappa shape index (κ1) is 18.4. The Morgan fingerprint density at radius 2 is 2.00 bits per heavy atom. The van der Waals surface area contributed by atoms with E-state index in [9.17, 15) is 4.79 Å². The summed E-state index contributed by atoms with van der Waals surface area (Å²) in [5.41, 5.74) is 4.51. The van der Waals surface area contributed by atoms with E-state index in [-0.39, 0.29) is 12.0 Å². The minimum absolute atomic E-state index is 0.225. The van der Waals surface area contributed by atoms with Gasteiger partial charge >= 0.3 is 0 Å². The molecule has 1 aromatic heterocycles. The Labute approximate surface area is 177 Å². The summed E-state index contributed by atoms with van der Waals surface area (Å²) in [5.74, 6) is 1.52. The number of nitrogens with one attached hydrogen (secondary N) is 1. The molecule has 2 aliphatic carbocycles. The van der Waals surface area contributed by atoms with Crippen LogP contribution in [-0.2, 0) is 11.2 Å². The topological polar surface area (TPSA) is 59.4 Å². The molecule has 2 aromatic rings. The fourth-order valence-corrected chi connectivity index (χ4v) is 4.82. The molecule has 2 aliphatic heterocycles. The lowest BCUT2D eigenvalue weighted by atomic mass is 9.91. The molecule has 3 heterocycles. The molecule has 0 spiro atoms. The zero-order chi connectivity index (χ0) is 20.2. The highest BCUT2D eigenvalue weighted by molar-refractivity contribution is 5.99. The zero-order valence-electron chi connectivity index (χ0n) is 17.6. The van der Waals surface area contributed by atoms with Gasteiger partial charge in [0.2, 0.25) is 5.91 Å². The van der Waals surface area contributed by atoms with Crippen molar-refractivity contribution in [2.75, 3.05) is 18.0 Å². The van der Waals surface area contributed by atoms with Crippen molar-refractivity contribution >= 4 is 11.6 Å². The molecule has 4 aliphatic rings. The van der Waals surface area contributed by atoms with E-state index >= 15 is 0 Å². The highest BCUT2D eigenvalue weighted by atomic mass is 16.5. The summed E-state index contributed by atoms with van der Waals surface area (Å²) in [6.45, 7) is 4.14. The average Bonchev–Trinajstić information content (AvgIpc) is 3.42.